The molecule has 4 heterocycles. The summed E-state index contributed by atoms with van der Waals surface area (Å²) in [5.41, 5.74) is 6.02. The van der Waals surface area contributed by atoms with E-state index in [4.69, 9.17) is 9.51 Å². The smallest absolute Gasteiger partial charge is 0.273 e. The minimum absolute atomic E-state index is 0.213. The van der Waals surface area contributed by atoms with Crippen molar-refractivity contribution in [3.05, 3.63) is 81.7 Å². The van der Waals surface area contributed by atoms with Crippen molar-refractivity contribution in [3.8, 4) is 22.5 Å². The standard InChI is InChI=1S/C22H20N6O2/c1-13-9-14(2)27(25-13)12-18-15(3)30-26-21(18)19-10-20(29)28-22(24-19)17(11-23-28)16-7-5-4-6-8-16/h4-11,23H,12H2,1-3H3. The summed E-state index contributed by atoms with van der Waals surface area (Å²) >= 11 is 0. The molecule has 0 aliphatic rings. The fourth-order valence-electron chi connectivity index (χ4n) is 3.70. The van der Waals surface area contributed by atoms with Crippen molar-refractivity contribution < 1.29 is 4.52 Å². The van der Waals surface area contributed by atoms with Crippen LogP contribution in [0, 0.1) is 20.8 Å². The first-order valence-corrected chi connectivity index (χ1v) is 9.64. The summed E-state index contributed by atoms with van der Waals surface area (Å²) in [5.74, 6) is 0.678. The van der Waals surface area contributed by atoms with Crippen molar-refractivity contribution in [3.63, 3.8) is 0 Å². The van der Waals surface area contributed by atoms with E-state index in [0.29, 0.717) is 29.3 Å². The van der Waals surface area contributed by atoms with Crippen LogP contribution in [0.2, 0.25) is 0 Å². The fraction of sp³-hybridized carbons (Fsp3) is 0.182. The quantitative estimate of drug-likeness (QED) is 0.498. The minimum atomic E-state index is -0.213. The molecule has 0 radical (unpaired) electrons. The molecule has 0 aliphatic carbocycles. The summed E-state index contributed by atoms with van der Waals surface area (Å²) in [6, 6.07) is 13.3. The van der Waals surface area contributed by atoms with E-state index < -0.39 is 0 Å². The number of aryl methyl sites for hydroxylation is 3. The highest BCUT2D eigenvalue weighted by Gasteiger charge is 2.20. The van der Waals surface area contributed by atoms with Crippen molar-refractivity contribution in [2.75, 3.05) is 0 Å². The fourth-order valence-corrected chi connectivity index (χ4v) is 3.70. The van der Waals surface area contributed by atoms with E-state index in [1.54, 1.807) is 6.20 Å². The van der Waals surface area contributed by atoms with Crippen LogP contribution in [0.5, 0.6) is 0 Å². The molecule has 0 spiro atoms. The Bertz CT molecular complexity index is 1420. The van der Waals surface area contributed by atoms with Gasteiger partial charge in [0.05, 0.1) is 12.2 Å². The molecule has 4 aromatic heterocycles. The first-order chi connectivity index (χ1) is 14.5. The van der Waals surface area contributed by atoms with Crippen LogP contribution in [0.15, 0.2) is 58.0 Å². The van der Waals surface area contributed by atoms with Gasteiger partial charge in [0.1, 0.15) is 17.1 Å². The van der Waals surface area contributed by atoms with Crippen LogP contribution in [0.4, 0.5) is 0 Å². The molecule has 0 atom stereocenters. The monoisotopic (exact) mass is 400 g/mol. The maximum absolute atomic E-state index is 12.8. The molecule has 150 valence electrons. The highest BCUT2D eigenvalue weighted by atomic mass is 16.5. The molecule has 0 saturated carbocycles. The van der Waals surface area contributed by atoms with Gasteiger partial charge in [-0.3, -0.25) is 14.6 Å². The average molecular weight is 400 g/mol. The molecular formula is C22H20N6O2. The molecule has 0 bridgehead atoms. The molecule has 1 N–H and O–H groups in total. The van der Waals surface area contributed by atoms with Gasteiger partial charge in [0, 0.05) is 29.1 Å². The minimum Gasteiger partial charge on any atom is -0.361 e. The largest absolute Gasteiger partial charge is 0.361 e. The number of nitrogens with zero attached hydrogens (tertiary/aromatic N) is 5. The highest BCUT2D eigenvalue weighted by Crippen LogP contribution is 2.27. The summed E-state index contributed by atoms with van der Waals surface area (Å²) in [6.07, 6.45) is 1.79. The lowest BCUT2D eigenvalue weighted by Crippen LogP contribution is -2.15. The van der Waals surface area contributed by atoms with Gasteiger partial charge in [0.15, 0.2) is 5.65 Å². The molecule has 30 heavy (non-hydrogen) atoms. The van der Waals surface area contributed by atoms with E-state index in [1.807, 2.05) is 61.9 Å². The van der Waals surface area contributed by atoms with E-state index in [0.717, 1.165) is 28.1 Å². The van der Waals surface area contributed by atoms with Gasteiger partial charge >= 0.3 is 0 Å². The molecule has 8 nitrogen and oxygen atoms in total. The molecular weight excluding hydrogens is 380 g/mol. The zero-order valence-electron chi connectivity index (χ0n) is 16.9. The van der Waals surface area contributed by atoms with E-state index in [1.165, 1.54) is 10.6 Å². The average Bonchev–Trinajstić information content (AvgIpc) is 3.41. The molecule has 0 fully saturated rings. The van der Waals surface area contributed by atoms with Gasteiger partial charge < -0.3 is 4.52 Å². The number of aromatic nitrogens is 6. The lowest BCUT2D eigenvalue weighted by Gasteiger charge is -2.06. The van der Waals surface area contributed by atoms with E-state index >= 15 is 0 Å². The second-order valence-corrected chi connectivity index (χ2v) is 7.34. The Morgan fingerprint density at radius 1 is 1.10 bits per heavy atom. The highest BCUT2D eigenvalue weighted by molar-refractivity contribution is 5.78. The third-order valence-corrected chi connectivity index (χ3v) is 5.22. The van der Waals surface area contributed by atoms with Crippen LogP contribution in [0.1, 0.15) is 22.7 Å². The molecule has 0 amide bonds. The predicted molar refractivity (Wildman–Crippen MR) is 112 cm³/mol. The Labute approximate surface area is 171 Å². The van der Waals surface area contributed by atoms with Gasteiger partial charge in [-0.15, -0.1) is 0 Å². The number of hydrogen-bond donors (Lipinski definition) is 1. The van der Waals surface area contributed by atoms with Crippen molar-refractivity contribution in [1.29, 1.82) is 0 Å². The summed E-state index contributed by atoms with van der Waals surface area (Å²) in [6.45, 7) is 6.31. The Morgan fingerprint density at radius 3 is 2.63 bits per heavy atom. The number of H-pyrrole nitrogens is 1. The predicted octanol–water partition coefficient (Wildman–Crippen LogP) is 3.51. The molecule has 0 aliphatic heterocycles. The summed E-state index contributed by atoms with van der Waals surface area (Å²) in [7, 11) is 0. The third-order valence-electron chi connectivity index (χ3n) is 5.22. The summed E-state index contributed by atoms with van der Waals surface area (Å²) < 4.78 is 8.80. The van der Waals surface area contributed by atoms with Crippen LogP contribution < -0.4 is 5.56 Å². The maximum Gasteiger partial charge on any atom is 0.273 e. The molecule has 0 saturated heterocycles. The maximum atomic E-state index is 12.8. The Kier molecular flexibility index (Phi) is 4.13. The first-order valence-electron chi connectivity index (χ1n) is 9.64. The lowest BCUT2D eigenvalue weighted by molar-refractivity contribution is 0.397. The number of hydrogen-bond acceptors (Lipinski definition) is 5. The first kappa shape index (κ1) is 18.1. The Morgan fingerprint density at radius 2 is 1.90 bits per heavy atom. The zero-order valence-corrected chi connectivity index (χ0v) is 16.9. The molecule has 1 aromatic carbocycles. The topological polar surface area (TPSA) is 94.0 Å². The summed E-state index contributed by atoms with van der Waals surface area (Å²) in [4.78, 5) is 17.5. The molecule has 5 aromatic rings. The van der Waals surface area contributed by atoms with Gasteiger partial charge in [-0.25, -0.2) is 9.50 Å². The SMILES string of the molecule is Cc1cc(C)n(Cc2c(-c3cc(=O)n4[nH]cc(-c5ccccc5)c4n3)noc2C)n1. The Hall–Kier alpha value is -3.94. The van der Waals surface area contributed by atoms with Crippen molar-refractivity contribution >= 4 is 5.65 Å². The van der Waals surface area contributed by atoms with Crippen molar-refractivity contribution in [1.82, 2.24) is 29.5 Å². The normalized spacial score (nSPS) is 11.4. The zero-order chi connectivity index (χ0) is 20.8. The number of aromatic amines is 1. The van der Waals surface area contributed by atoms with Gasteiger partial charge in [-0.05, 0) is 32.4 Å². The summed E-state index contributed by atoms with van der Waals surface area (Å²) in [5, 5.41) is 11.7. The van der Waals surface area contributed by atoms with Crippen LogP contribution in [-0.4, -0.2) is 29.5 Å². The van der Waals surface area contributed by atoms with E-state index in [9.17, 15) is 4.79 Å². The van der Waals surface area contributed by atoms with Gasteiger partial charge in [0.2, 0.25) is 0 Å². The van der Waals surface area contributed by atoms with Crippen LogP contribution >= 0.6 is 0 Å². The van der Waals surface area contributed by atoms with Crippen LogP contribution in [0.25, 0.3) is 28.2 Å². The van der Waals surface area contributed by atoms with Crippen molar-refractivity contribution in [2.24, 2.45) is 0 Å². The van der Waals surface area contributed by atoms with E-state index in [2.05, 4.69) is 15.4 Å². The number of nitrogens with one attached hydrogen (secondary N) is 1. The van der Waals surface area contributed by atoms with Gasteiger partial charge in [0.25, 0.3) is 5.56 Å². The van der Waals surface area contributed by atoms with Gasteiger partial charge in [-0.2, -0.15) is 5.10 Å². The second-order valence-electron chi connectivity index (χ2n) is 7.34. The third kappa shape index (κ3) is 2.93. The molecule has 0 unspecified atom stereocenters. The van der Waals surface area contributed by atoms with Crippen molar-refractivity contribution in [2.45, 2.75) is 27.3 Å². The molecule has 8 heteroatoms. The number of rotatable bonds is 4. The van der Waals surface area contributed by atoms with E-state index in [-0.39, 0.29) is 5.56 Å². The lowest BCUT2D eigenvalue weighted by atomic mass is 10.1. The molecule has 5 rings (SSSR count). The van der Waals surface area contributed by atoms with Crippen LogP contribution in [0.3, 0.4) is 0 Å². The Balaban J connectivity index is 1.66. The van der Waals surface area contributed by atoms with Crippen LogP contribution in [-0.2, 0) is 6.54 Å². The van der Waals surface area contributed by atoms with Gasteiger partial charge in [-0.1, -0.05) is 35.5 Å². The number of benzene rings is 1. The number of fused-ring (bicyclic) bond motifs is 1. The second kappa shape index (κ2) is 6.84.